The maximum Gasteiger partial charge on any atom is 0.193 e. The second-order valence-corrected chi connectivity index (χ2v) is 6.69. The quantitative estimate of drug-likeness (QED) is 0.495. The SMILES string of the molecule is CN=C(NCCOc1ccc(F)c(F)c1)N1CCC(C)C(n2ccnc2)C1. The highest BCUT2D eigenvalue weighted by molar-refractivity contribution is 5.80. The Morgan fingerprint density at radius 3 is 2.93 bits per heavy atom. The number of aliphatic imine (C=N–C) groups is 1. The molecule has 0 spiro atoms. The molecule has 0 saturated carbocycles. The Hall–Kier alpha value is -2.64. The van der Waals surface area contributed by atoms with Crippen molar-refractivity contribution >= 4 is 5.96 Å². The lowest BCUT2D eigenvalue weighted by Gasteiger charge is -2.39. The van der Waals surface area contributed by atoms with Gasteiger partial charge in [-0.1, -0.05) is 6.92 Å². The van der Waals surface area contributed by atoms with E-state index in [-0.39, 0.29) is 0 Å². The van der Waals surface area contributed by atoms with Gasteiger partial charge in [-0.2, -0.15) is 0 Å². The van der Waals surface area contributed by atoms with E-state index in [0.717, 1.165) is 37.6 Å². The molecule has 1 aromatic heterocycles. The van der Waals surface area contributed by atoms with Gasteiger partial charge in [0.1, 0.15) is 12.4 Å². The van der Waals surface area contributed by atoms with Gasteiger partial charge in [0.2, 0.25) is 0 Å². The normalized spacial score (nSPS) is 20.6. The summed E-state index contributed by atoms with van der Waals surface area (Å²) >= 11 is 0. The predicted octanol–water partition coefficient (Wildman–Crippen LogP) is 2.70. The molecule has 2 heterocycles. The number of likely N-dealkylation sites (tertiary alicyclic amines) is 1. The monoisotopic (exact) mass is 377 g/mol. The number of hydrogen-bond donors (Lipinski definition) is 1. The van der Waals surface area contributed by atoms with E-state index in [9.17, 15) is 8.78 Å². The summed E-state index contributed by atoms with van der Waals surface area (Å²) in [7, 11) is 1.75. The lowest BCUT2D eigenvalue weighted by Crippen LogP contribution is -2.49. The van der Waals surface area contributed by atoms with Crippen LogP contribution in [0.15, 0.2) is 41.9 Å². The van der Waals surface area contributed by atoms with Crippen LogP contribution >= 0.6 is 0 Å². The zero-order valence-corrected chi connectivity index (χ0v) is 15.6. The van der Waals surface area contributed by atoms with Crippen LogP contribution < -0.4 is 10.1 Å². The van der Waals surface area contributed by atoms with Crippen LogP contribution in [0.3, 0.4) is 0 Å². The van der Waals surface area contributed by atoms with Crippen LogP contribution in [0, 0.1) is 17.6 Å². The van der Waals surface area contributed by atoms with Crippen molar-refractivity contribution in [2.75, 3.05) is 33.3 Å². The molecule has 146 valence electrons. The van der Waals surface area contributed by atoms with E-state index >= 15 is 0 Å². The first kappa shape index (κ1) is 19.1. The van der Waals surface area contributed by atoms with E-state index in [4.69, 9.17) is 4.74 Å². The Morgan fingerprint density at radius 1 is 1.37 bits per heavy atom. The number of aromatic nitrogens is 2. The molecule has 2 aromatic rings. The van der Waals surface area contributed by atoms with Crippen molar-refractivity contribution in [1.29, 1.82) is 0 Å². The van der Waals surface area contributed by atoms with Gasteiger partial charge in [0.15, 0.2) is 17.6 Å². The molecule has 0 aliphatic carbocycles. The van der Waals surface area contributed by atoms with Crippen molar-refractivity contribution < 1.29 is 13.5 Å². The fourth-order valence-electron chi connectivity index (χ4n) is 3.33. The van der Waals surface area contributed by atoms with Crippen LogP contribution in [0.4, 0.5) is 8.78 Å². The van der Waals surface area contributed by atoms with Crippen molar-refractivity contribution in [3.8, 4) is 5.75 Å². The first-order chi connectivity index (χ1) is 13.1. The molecule has 1 aliphatic heterocycles. The maximum absolute atomic E-state index is 13.2. The summed E-state index contributed by atoms with van der Waals surface area (Å²) in [5, 5.41) is 3.27. The molecule has 1 N–H and O–H groups in total. The summed E-state index contributed by atoms with van der Waals surface area (Å²) in [6, 6.07) is 3.86. The summed E-state index contributed by atoms with van der Waals surface area (Å²) in [4.78, 5) is 10.7. The molecular formula is C19H25F2N5O. The standard InChI is InChI=1S/C19H25F2N5O/c1-14-5-8-25(12-18(14)26-9-6-23-13-26)19(22-2)24-7-10-27-15-3-4-16(20)17(21)11-15/h3-4,6,9,11,13-14,18H,5,7-8,10,12H2,1-2H3,(H,22,24). The van der Waals surface area contributed by atoms with E-state index in [1.165, 1.54) is 6.07 Å². The van der Waals surface area contributed by atoms with Crippen molar-refractivity contribution in [1.82, 2.24) is 19.8 Å². The maximum atomic E-state index is 13.2. The Morgan fingerprint density at radius 2 is 2.22 bits per heavy atom. The summed E-state index contributed by atoms with van der Waals surface area (Å²) < 4.78 is 33.7. The number of hydrogen-bond acceptors (Lipinski definition) is 3. The minimum Gasteiger partial charge on any atom is -0.492 e. The van der Waals surface area contributed by atoms with Gasteiger partial charge in [0, 0.05) is 38.6 Å². The molecule has 3 rings (SSSR count). The summed E-state index contributed by atoms with van der Waals surface area (Å²) in [6.07, 6.45) is 6.72. The molecule has 1 fully saturated rings. The topological polar surface area (TPSA) is 54.7 Å². The Kier molecular flexibility index (Phi) is 6.26. The van der Waals surface area contributed by atoms with Gasteiger partial charge in [0.25, 0.3) is 0 Å². The molecule has 2 atom stereocenters. The van der Waals surface area contributed by atoms with Gasteiger partial charge >= 0.3 is 0 Å². The smallest absolute Gasteiger partial charge is 0.193 e. The molecule has 2 unspecified atom stereocenters. The van der Waals surface area contributed by atoms with E-state index < -0.39 is 11.6 Å². The zero-order chi connectivity index (χ0) is 19.2. The molecule has 1 aliphatic rings. The number of nitrogens with one attached hydrogen (secondary N) is 1. The second kappa shape index (κ2) is 8.83. The fraction of sp³-hybridized carbons (Fsp3) is 0.474. The van der Waals surface area contributed by atoms with Gasteiger partial charge < -0.3 is 19.5 Å². The van der Waals surface area contributed by atoms with E-state index in [0.29, 0.717) is 30.9 Å². The molecule has 1 aromatic carbocycles. The van der Waals surface area contributed by atoms with Gasteiger partial charge in [0.05, 0.1) is 18.9 Å². The highest BCUT2D eigenvalue weighted by atomic mass is 19.2. The molecule has 0 bridgehead atoms. The van der Waals surface area contributed by atoms with Gasteiger partial charge in [-0.05, 0) is 24.5 Å². The van der Waals surface area contributed by atoms with Gasteiger partial charge in [-0.3, -0.25) is 4.99 Å². The van der Waals surface area contributed by atoms with Crippen LogP contribution in [0.25, 0.3) is 0 Å². The number of nitrogens with zero attached hydrogens (tertiary/aromatic N) is 4. The minimum atomic E-state index is -0.913. The first-order valence-corrected chi connectivity index (χ1v) is 9.09. The molecular weight excluding hydrogens is 352 g/mol. The number of ether oxygens (including phenoxy) is 1. The number of halogens is 2. The average Bonchev–Trinajstić information content (AvgIpc) is 3.20. The predicted molar refractivity (Wildman–Crippen MR) is 99.8 cm³/mol. The third kappa shape index (κ3) is 4.75. The van der Waals surface area contributed by atoms with Crippen molar-refractivity contribution in [3.63, 3.8) is 0 Å². The summed E-state index contributed by atoms with van der Waals surface area (Å²) in [5.41, 5.74) is 0. The van der Waals surface area contributed by atoms with E-state index in [1.807, 2.05) is 12.5 Å². The van der Waals surface area contributed by atoms with Crippen LogP contribution in [0.5, 0.6) is 5.75 Å². The van der Waals surface area contributed by atoms with Crippen LogP contribution in [0.1, 0.15) is 19.4 Å². The van der Waals surface area contributed by atoms with Crippen molar-refractivity contribution in [2.45, 2.75) is 19.4 Å². The Balaban J connectivity index is 1.50. The molecule has 0 radical (unpaired) electrons. The third-order valence-electron chi connectivity index (χ3n) is 4.88. The largest absolute Gasteiger partial charge is 0.492 e. The average molecular weight is 377 g/mol. The summed E-state index contributed by atoms with van der Waals surface area (Å²) in [5.74, 6) is -0.124. The highest BCUT2D eigenvalue weighted by Crippen LogP contribution is 2.27. The number of rotatable bonds is 5. The number of benzene rings is 1. The highest BCUT2D eigenvalue weighted by Gasteiger charge is 2.28. The minimum absolute atomic E-state index is 0.303. The fourth-order valence-corrected chi connectivity index (χ4v) is 3.33. The van der Waals surface area contributed by atoms with Gasteiger partial charge in [-0.25, -0.2) is 13.8 Å². The number of piperidine rings is 1. The van der Waals surface area contributed by atoms with Crippen LogP contribution in [-0.2, 0) is 0 Å². The molecule has 1 saturated heterocycles. The molecule has 27 heavy (non-hydrogen) atoms. The molecule has 6 nitrogen and oxygen atoms in total. The van der Waals surface area contributed by atoms with E-state index in [1.54, 1.807) is 13.2 Å². The Labute approximate surface area is 157 Å². The number of imidazole rings is 1. The van der Waals surface area contributed by atoms with Crippen molar-refractivity contribution in [3.05, 3.63) is 48.6 Å². The van der Waals surface area contributed by atoms with Crippen molar-refractivity contribution in [2.24, 2.45) is 10.9 Å². The van der Waals surface area contributed by atoms with Gasteiger partial charge in [-0.15, -0.1) is 0 Å². The second-order valence-electron chi connectivity index (χ2n) is 6.69. The Bertz CT molecular complexity index is 765. The van der Waals surface area contributed by atoms with Crippen LogP contribution in [-0.4, -0.2) is 53.7 Å². The molecule has 0 amide bonds. The number of guanidine groups is 1. The third-order valence-corrected chi connectivity index (χ3v) is 4.88. The lowest BCUT2D eigenvalue weighted by atomic mass is 9.93. The summed E-state index contributed by atoms with van der Waals surface area (Å²) in [6.45, 7) is 4.86. The first-order valence-electron chi connectivity index (χ1n) is 9.09. The molecule has 8 heteroatoms. The zero-order valence-electron chi connectivity index (χ0n) is 15.6. The van der Waals surface area contributed by atoms with Crippen LogP contribution in [0.2, 0.25) is 0 Å². The van der Waals surface area contributed by atoms with E-state index in [2.05, 4.69) is 31.7 Å². The lowest BCUT2D eigenvalue weighted by molar-refractivity contribution is 0.188.